The summed E-state index contributed by atoms with van der Waals surface area (Å²) in [7, 11) is 2.18. The Labute approximate surface area is 141 Å². The Balaban J connectivity index is 1.68. The van der Waals surface area contributed by atoms with Crippen LogP contribution in [0.4, 0.5) is 0 Å². The fourth-order valence-electron chi connectivity index (χ4n) is 4.33. The number of aryl methyl sites for hydroxylation is 1. The van der Waals surface area contributed by atoms with Crippen LogP contribution in [0.2, 0.25) is 0 Å². The van der Waals surface area contributed by atoms with Gasteiger partial charge in [-0.05, 0) is 43.7 Å². The molecular formula is C21H20N2O. The molecule has 0 amide bonds. The minimum atomic E-state index is -0.336. The van der Waals surface area contributed by atoms with E-state index in [1.165, 1.54) is 22.1 Å². The molecule has 0 aliphatic carbocycles. The second kappa shape index (κ2) is 5.05. The van der Waals surface area contributed by atoms with E-state index in [9.17, 15) is 0 Å². The molecule has 3 heteroatoms. The highest BCUT2D eigenvalue weighted by atomic mass is 16.5. The number of rotatable bonds is 0. The van der Waals surface area contributed by atoms with E-state index in [-0.39, 0.29) is 5.72 Å². The summed E-state index contributed by atoms with van der Waals surface area (Å²) < 4.78 is 6.71. The zero-order valence-corrected chi connectivity index (χ0v) is 13.8. The smallest absolute Gasteiger partial charge is 0.190 e. The number of benzene rings is 2. The molecule has 5 rings (SSSR count). The molecule has 2 aliphatic heterocycles. The Morgan fingerprint density at radius 3 is 2.92 bits per heavy atom. The Kier molecular flexibility index (Phi) is 2.95. The highest BCUT2D eigenvalue weighted by molar-refractivity contribution is 5.84. The summed E-state index contributed by atoms with van der Waals surface area (Å²) in [5, 5.41) is 1.22. The van der Waals surface area contributed by atoms with Crippen molar-refractivity contribution in [1.29, 1.82) is 0 Å². The van der Waals surface area contributed by atoms with E-state index in [0.29, 0.717) is 0 Å². The van der Waals surface area contributed by atoms with Crippen molar-refractivity contribution in [3.8, 4) is 5.75 Å². The summed E-state index contributed by atoms with van der Waals surface area (Å²) in [4.78, 5) is 6.86. The molecule has 0 saturated carbocycles. The van der Waals surface area contributed by atoms with E-state index < -0.39 is 0 Å². The van der Waals surface area contributed by atoms with Gasteiger partial charge in [-0.25, -0.2) is 0 Å². The molecule has 3 nitrogen and oxygen atoms in total. The average molecular weight is 316 g/mol. The molecule has 0 N–H and O–H groups in total. The van der Waals surface area contributed by atoms with Gasteiger partial charge in [0.15, 0.2) is 5.72 Å². The van der Waals surface area contributed by atoms with Gasteiger partial charge in [0.1, 0.15) is 5.75 Å². The number of likely N-dealkylation sites (N-methyl/N-ethyl adjacent to an activating group) is 1. The van der Waals surface area contributed by atoms with Gasteiger partial charge in [0.2, 0.25) is 0 Å². The first-order valence-corrected chi connectivity index (χ1v) is 8.63. The molecule has 1 atom stereocenters. The maximum atomic E-state index is 6.71. The van der Waals surface area contributed by atoms with Crippen LogP contribution in [0.3, 0.4) is 0 Å². The van der Waals surface area contributed by atoms with E-state index in [2.05, 4.69) is 59.4 Å². The molecule has 120 valence electrons. The lowest BCUT2D eigenvalue weighted by atomic mass is 9.83. The van der Waals surface area contributed by atoms with Gasteiger partial charge in [-0.3, -0.25) is 9.88 Å². The Hall–Kier alpha value is -2.39. The van der Waals surface area contributed by atoms with Gasteiger partial charge < -0.3 is 4.74 Å². The molecule has 2 aliphatic rings. The van der Waals surface area contributed by atoms with Crippen molar-refractivity contribution in [2.45, 2.75) is 25.0 Å². The van der Waals surface area contributed by atoms with Crippen molar-refractivity contribution >= 4 is 10.9 Å². The second-order valence-electron chi connectivity index (χ2n) is 6.83. The van der Waals surface area contributed by atoms with Crippen LogP contribution >= 0.6 is 0 Å². The highest BCUT2D eigenvalue weighted by Gasteiger charge is 2.45. The first-order chi connectivity index (χ1) is 11.8. The lowest BCUT2D eigenvalue weighted by Crippen LogP contribution is -2.54. The standard InChI is InChI=1S/C21H20N2O/c1-23-14-11-15-5-2-3-7-18(15)21(23)12-10-17-16-6-4-13-22-19(16)8-9-20(17)24-21/h2-9,13H,10-12,14H2,1H3. The Bertz CT molecular complexity index is 936. The summed E-state index contributed by atoms with van der Waals surface area (Å²) in [5.74, 6) is 1.00. The molecule has 1 unspecified atom stereocenters. The Morgan fingerprint density at radius 1 is 1.04 bits per heavy atom. The van der Waals surface area contributed by atoms with Crippen LogP contribution in [-0.4, -0.2) is 23.5 Å². The van der Waals surface area contributed by atoms with Crippen molar-refractivity contribution in [3.05, 3.63) is 71.4 Å². The minimum Gasteiger partial charge on any atom is -0.468 e. The van der Waals surface area contributed by atoms with Crippen LogP contribution in [0.15, 0.2) is 54.7 Å². The SMILES string of the molecule is CN1CCc2ccccc2C12CCc1c(ccc3ncccc13)O2. The van der Waals surface area contributed by atoms with Crippen molar-refractivity contribution < 1.29 is 4.74 Å². The number of ether oxygens (including phenoxy) is 1. The van der Waals surface area contributed by atoms with Crippen molar-refractivity contribution in [2.24, 2.45) is 0 Å². The fraction of sp³-hybridized carbons (Fsp3) is 0.286. The van der Waals surface area contributed by atoms with E-state index >= 15 is 0 Å². The van der Waals surface area contributed by atoms with Crippen molar-refractivity contribution in [1.82, 2.24) is 9.88 Å². The van der Waals surface area contributed by atoms with Gasteiger partial charge in [0.05, 0.1) is 5.52 Å². The molecule has 0 fully saturated rings. The third kappa shape index (κ3) is 1.85. The van der Waals surface area contributed by atoms with Crippen LogP contribution in [0, 0.1) is 0 Å². The van der Waals surface area contributed by atoms with Crippen molar-refractivity contribution in [3.63, 3.8) is 0 Å². The van der Waals surface area contributed by atoms with Gasteiger partial charge in [-0.2, -0.15) is 0 Å². The van der Waals surface area contributed by atoms with E-state index in [1.54, 1.807) is 0 Å². The van der Waals surface area contributed by atoms with Gasteiger partial charge in [0.25, 0.3) is 0 Å². The first-order valence-electron chi connectivity index (χ1n) is 8.63. The normalized spacial score (nSPS) is 22.9. The number of aromatic nitrogens is 1. The maximum absolute atomic E-state index is 6.71. The van der Waals surface area contributed by atoms with Crippen LogP contribution < -0.4 is 4.74 Å². The molecule has 0 radical (unpaired) electrons. The number of hydrogen-bond acceptors (Lipinski definition) is 3. The van der Waals surface area contributed by atoms with Gasteiger partial charge >= 0.3 is 0 Å². The Morgan fingerprint density at radius 2 is 1.96 bits per heavy atom. The predicted octanol–water partition coefficient (Wildman–Crippen LogP) is 3.90. The molecule has 1 aromatic heterocycles. The molecule has 3 aromatic rings. The lowest BCUT2D eigenvalue weighted by Gasteiger charge is -2.48. The molecule has 2 aromatic carbocycles. The van der Waals surface area contributed by atoms with Crippen LogP contribution in [-0.2, 0) is 18.6 Å². The third-order valence-corrected chi connectivity index (χ3v) is 5.62. The van der Waals surface area contributed by atoms with Gasteiger partial charge in [0, 0.05) is 35.7 Å². The molecule has 0 saturated heterocycles. The molecule has 1 spiro atoms. The summed E-state index contributed by atoms with van der Waals surface area (Å²) in [6.07, 6.45) is 4.93. The fourth-order valence-corrected chi connectivity index (χ4v) is 4.33. The minimum absolute atomic E-state index is 0.336. The van der Waals surface area contributed by atoms with Gasteiger partial charge in [-0.15, -0.1) is 0 Å². The molecule has 24 heavy (non-hydrogen) atoms. The number of fused-ring (bicyclic) bond motifs is 5. The monoisotopic (exact) mass is 316 g/mol. The molecule has 0 bridgehead atoms. The van der Waals surface area contributed by atoms with Crippen molar-refractivity contribution in [2.75, 3.05) is 13.6 Å². The van der Waals surface area contributed by atoms with Crippen LogP contribution in [0.5, 0.6) is 5.75 Å². The maximum Gasteiger partial charge on any atom is 0.190 e. The first kappa shape index (κ1) is 14.0. The third-order valence-electron chi connectivity index (χ3n) is 5.62. The zero-order chi connectivity index (χ0) is 16.1. The number of hydrogen-bond donors (Lipinski definition) is 0. The quantitative estimate of drug-likeness (QED) is 0.629. The molecule has 3 heterocycles. The van der Waals surface area contributed by atoms with Crippen LogP contribution in [0.1, 0.15) is 23.1 Å². The van der Waals surface area contributed by atoms with Crippen LogP contribution in [0.25, 0.3) is 10.9 Å². The summed E-state index contributed by atoms with van der Waals surface area (Å²) >= 11 is 0. The second-order valence-corrected chi connectivity index (χ2v) is 6.83. The largest absolute Gasteiger partial charge is 0.468 e. The summed E-state index contributed by atoms with van der Waals surface area (Å²) in [6, 6.07) is 17.1. The number of nitrogens with zero attached hydrogens (tertiary/aromatic N) is 2. The summed E-state index contributed by atoms with van der Waals surface area (Å²) in [6.45, 7) is 1.03. The average Bonchev–Trinajstić information content (AvgIpc) is 2.65. The summed E-state index contributed by atoms with van der Waals surface area (Å²) in [5.41, 5.74) is 4.76. The van der Waals surface area contributed by atoms with E-state index in [1.807, 2.05) is 12.3 Å². The topological polar surface area (TPSA) is 25.4 Å². The molecular weight excluding hydrogens is 296 g/mol. The van der Waals surface area contributed by atoms with E-state index in [4.69, 9.17) is 4.74 Å². The zero-order valence-electron chi connectivity index (χ0n) is 13.8. The van der Waals surface area contributed by atoms with E-state index in [0.717, 1.165) is 37.1 Å². The highest BCUT2D eigenvalue weighted by Crippen LogP contribution is 2.46. The lowest BCUT2D eigenvalue weighted by molar-refractivity contribution is -0.100. The van der Waals surface area contributed by atoms with Gasteiger partial charge in [-0.1, -0.05) is 30.3 Å². The predicted molar refractivity (Wildman–Crippen MR) is 95.1 cm³/mol. The number of pyridine rings is 1.